The van der Waals surface area contributed by atoms with Gasteiger partial charge >= 0.3 is 5.97 Å². The molecule has 0 aromatic heterocycles. The predicted molar refractivity (Wildman–Crippen MR) is 67.6 cm³/mol. The lowest BCUT2D eigenvalue weighted by atomic mass is 10.2. The van der Waals surface area contributed by atoms with Gasteiger partial charge in [0.2, 0.25) is 5.91 Å². The average Bonchev–Trinajstić information content (AvgIpc) is 2.72. The lowest BCUT2D eigenvalue weighted by Crippen LogP contribution is -2.43. The number of fused-ring (bicyclic) bond motifs is 1. The third kappa shape index (κ3) is 2.61. The second-order valence-electron chi connectivity index (χ2n) is 4.43. The summed E-state index contributed by atoms with van der Waals surface area (Å²) in [6, 6.07) is 7.10. The first-order valence-electron chi connectivity index (χ1n) is 5.93. The van der Waals surface area contributed by atoms with Crippen molar-refractivity contribution in [2.75, 3.05) is 18.0 Å². The number of anilines is 1. The monoisotopic (exact) mass is 248 g/mol. The molecule has 2 rings (SSSR count). The summed E-state index contributed by atoms with van der Waals surface area (Å²) in [5.41, 5.74) is 2.30. The lowest BCUT2D eigenvalue weighted by Gasteiger charge is -2.19. The van der Waals surface area contributed by atoms with Crippen molar-refractivity contribution in [3.63, 3.8) is 0 Å². The highest BCUT2D eigenvalue weighted by molar-refractivity contribution is 5.86. The molecule has 0 fully saturated rings. The molecule has 1 heterocycles. The Labute approximate surface area is 105 Å². The van der Waals surface area contributed by atoms with Crippen LogP contribution >= 0.6 is 0 Å². The van der Waals surface area contributed by atoms with E-state index in [1.54, 1.807) is 0 Å². The van der Waals surface area contributed by atoms with Crippen molar-refractivity contribution >= 4 is 17.6 Å². The number of rotatable bonds is 4. The maximum Gasteiger partial charge on any atom is 0.325 e. The van der Waals surface area contributed by atoms with E-state index < -0.39 is 12.0 Å². The SMILES string of the molecule is C[C@H](NC(=O)CN1CCc2ccccc21)C(=O)O. The van der Waals surface area contributed by atoms with Crippen LogP contribution in [0.3, 0.4) is 0 Å². The molecule has 0 saturated heterocycles. The van der Waals surface area contributed by atoms with Gasteiger partial charge in [0.25, 0.3) is 0 Å². The number of hydrogen-bond donors (Lipinski definition) is 2. The van der Waals surface area contributed by atoms with Crippen molar-refractivity contribution < 1.29 is 14.7 Å². The molecule has 1 aliphatic heterocycles. The number of carboxylic acids is 1. The second kappa shape index (κ2) is 5.08. The van der Waals surface area contributed by atoms with Gasteiger partial charge in [-0.1, -0.05) is 18.2 Å². The molecule has 1 atom stereocenters. The van der Waals surface area contributed by atoms with Gasteiger partial charge in [-0.25, -0.2) is 0 Å². The Hall–Kier alpha value is -2.04. The van der Waals surface area contributed by atoms with Gasteiger partial charge in [0, 0.05) is 12.2 Å². The number of para-hydroxylation sites is 1. The molecule has 1 amide bonds. The van der Waals surface area contributed by atoms with E-state index in [0.717, 1.165) is 18.7 Å². The first-order chi connectivity index (χ1) is 8.58. The third-order valence-corrected chi connectivity index (χ3v) is 3.07. The summed E-state index contributed by atoms with van der Waals surface area (Å²) in [6.07, 6.45) is 0.929. The van der Waals surface area contributed by atoms with Crippen molar-refractivity contribution in [1.82, 2.24) is 5.32 Å². The number of hydrogen-bond acceptors (Lipinski definition) is 3. The average molecular weight is 248 g/mol. The molecule has 1 aliphatic rings. The summed E-state index contributed by atoms with van der Waals surface area (Å²) in [6.45, 7) is 2.46. The number of carboxylic acid groups (broad SMARTS) is 1. The molecule has 0 spiro atoms. The molecule has 0 saturated carbocycles. The predicted octanol–water partition coefficient (Wildman–Crippen LogP) is 0.638. The largest absolute Gasteiger partial charge is 0.480 e. The maximum absolute atomic E-state index is 11.7. The Morgan fingerprint density at radius 3 is 2.89 bits per heavy atom. The van der Waals surface area contributed by atoms with Crippen LogP contribution < -0.4 is 10.2 Å². The van der Waals surface area contributed by atoms with Gasteiger partial charge in [-0.3, -0.25) is 9.59 Å². The van der Waals surface area contributed by atoms with Crippen molar-refractivity contribution in [2.45, 2.75) is 19.4 Å². The number of nitrogens with one attached hydrogen (secondary N) is 1. The van der Waals surface area contributed by atoms with Crippen LogP contribution in [0.5, 0.6) is 0 Å². The second-order valence-corrected chi connectivity index (χ2v) is 4.43. The van der Waals surface area contributed by atoms with Crippen LogP contribution in [0.15, 0.2) is 24.3 Å². The highest BCUT2D eigenvalue weighted by atomic mass is 16.4. The third-order valence-electron chi connectivity index (χ3n) is 3.07. The van der Waals surface area contributed by atoms with E-state index in [2.05, 4.69) is 5.32 Å². The fourth-order valence-corrected chi connectivity index (χ4v) is 2.09. The number of aliphatic carboxylic acids is 1. The highest BCUT2D eigenvalue weighted by Gasteiger charge is 2.22. The van der Waals surface area contributed by atoms with E-state index in [9.17, 15) is 9.59 Å². The molecular weight excluding hydrogens is 232 g/mol. The number of carbonyl (C=O) groups is 2. The maximum atomic E-state index is 11.7. The van der Waals surface area contributed by atoms with Crippen LogP contribution in [0.1, 0.15) is 12.5 Å². The van der Waals surface area contributed by atoms with Crippen molar-refractivity contribution in [3.8, 4) is 0 Å². The minimum atomic E-state index is -1.02. The quantitative estimate of drug-likeness (QED) is 0.820. The molecule has 0 bridgehead atoms. The first kappa shape index (κ1) is 12.4. The Bertz CT molecular complexity index is 473. The minimum Gasteiger partial charge on any atom is -0.480 e. The van der Waals surface area contributed by atoms with E-state index in [0.29, 0.717) is 0 Å². The fourth-order valence-electron chi connectivity index (χ4n) is 2.09. The van der Waals surface area contributed by atoms with Gasteiger partial charge in [-0.15, -0.1) is 0 Å². The van der Waals surface area contributed by atoms with Crippen LogP contribution in [0, 0.1) is 0 Å². The number of benzene rings is 1. The van der Waals surface area contributed by atoms with E-state index >= 15 is 0 Å². The zero-order valence-corrected chi connectivity index (χ0v) is 10.2. The van der Waals surface area contributed by atoms with Gasteiger partial charge in [0.1, 0.15) is 6.04 Å². The molecule has 5 nitrogen and oxygen atoms in total. The zero-order valence-electron chi connectivity index (χ0n) is 10.2. The number of amides is 1. The summed E-state index contributed by atoms with van der Waals surface area (Å²) in [4.78, 5) is 24.3. The number of nitrogens with zero attached hydrogens (tertiary/aromatic N) is 1. The van der Waals surface area contributed by atoms with E-state index in [1.165, 1.54) is 12.5 Å². The minimum absolute atomic E-state index is 0.203. The Balaban J connectivity index is 1.96. The molecule has 0 unspecified atom stereocenters. The van der Waals surface area contributed by atoms with Gasteiger partial charge in [0.15, 0.2) is 0 Å². The summed E-state index contributed by atoms with van der Waals surface area (Å²) in [5, 5.41) is 11.2. The van der Waals surface area contributed by atoms with Gasteiger partial charge in [-0.2, -0.15) is 0 Å². The highest BCUT2D eigenvalue weighted by Crippen LogP contribution is 2.26. The van der Waals surface area contributed by atoms with Crippen molar-refractivity contribution in [3.05, 3.63) is 29.8 Å². The summed E-state index contributed by atoms with van der Waals surface area (Å²) < 4.78 is 0. The summed E-state index contributed by atoms with van der Waals surface area (Å²) in [5.74, 6) is -1.29. The van der Waals surface area contributed by atoms with Crippen LogP contribution in [-0.4, -0.2) is 36.1 Å². The van der Waals surface area contributed by atoms with Crippen LogP contribution in [0.25, 0.3) is 0 Å². The molecule has 0 aliphatic carbocycles. The fraction of sp³-hybridized carbons (Fsp3) is 0.385. The first-order valence-corrected chi connectivity index (χ1v) is 5.93. The lowest BCUT2D eigenvalue weighted by molar-refractivity contribution is -0.141. The molecule has 1 aromatic carbocycles. The van der Waals surface area contributed by atoms with E-state index in [1.807, 2.05) is 29.2 Å². The molecule has 96 valence electrons. The van der Waals surface area contributed by atoms with Crippen LogP contribution in [0.4, 0.5) is 5.69 Å². The number of carbonyl (C=O) groups excluding carboxylic acids is 1. The van der Waals surface area contributed by atoms with Gasteiger partial charge in [0.05, 0.1) is 6.54 Å². The Morgan fingerprint density at radius 2 is 2.17 bits per heavy atom. The van der Waals surface area contributed by atoms with Crippen molar-refractivity contribution in [1.29, 1.82) is 0 Å². The summed E-state index contributed by atoms with van der Waals surface area (Å²) in [7, 11) is 0. The van der Waals surface area contributed by atoms with Gasteiger partial charge in [-0.05, 0) is 25.0 Å². The Morgan fingerprint density at radius 1 is 1.44 bits per heavy atom. The smallest absolute Gasteiger partial charge is 0.325 e. The van der Waals surface area contributed by atoms with E-state index in [4.69, 9.17) is 5.11 Å². The molecule has 5 heteroatoms. The molecular formula is C13H16N2O3. The molecule has 0 radical (unpaired) electrons. The van der Waals surface area contributed by atoms with E-state index in [-0.39, 0.29) is 12.5 Å². The molecule has 1 aromatic rings. The topological polar surface area (TPSA) is 69.6 Å². The van der Waals surface area contributed by atoms with Gasteiger partial charge < -0.3 is 15.3 Å². The standard InChI is InChI=1S/C13H16N2O3/c1-9(13(17)18)14-12(16)8-15-7-6-10-4-2-3-5-11(10)15/h2-5,9H,6-8H2,1H3,(H,14,16)(H,17,18)/t9-/m0/s1. The zero-order chi connectivity index (χ0) is 13.1. The molecule has 2 N–H and O–H groups in total. The Kier molecular flexibility index (Phi) is 3.50. The normalized spacial score (nSPS) is 15.1. The van der Waals surface area contributed by atoms with Crippen molar-refractivity contribution in [2.24, 2.45) is 0 Å². The summed E-state index contributed by atoms with van der Waals surface area (Å²) >= 11 is 0. The van der Waals surface area contributed by atoms with Crippen LogP contribution in [-0.2, 0) is 16.0 Å². The molecule has 18 heavy (non-hydrogen) atoms. The van der Waals surface area contributed by atoms with Crippen LogP contribution in [0.2, 0.25) is 0 Å².